The fraction of sp³-hybridized carbons (Fsp3) is 0.440. The first kappa shape index (κ1) is 24.9. The van der Waals surface area contributed by atoms with Gasteiger partial charge in [0, 0.05) is 35.8 Å². The minimum Gasteiger partial charge on any atom is -0.347 e. The van der Waals surface area contributed by atoms with Crippen LogP contribution in [0.15, 0.2) is 54.6 Å². The second kappa shape index (κ2) is 10.5. The lowest BCUT2D eigenvalue weighted by Gasteiger charge is -2.30. The van der Waals surface area contributed by atoms with E-state index in [-0.39, 0.29) is 29.0 Å². The SMILES string of the molecule is CCC(C)(C)NC(=O)c1ccc(NC(=O)C2CCN(S(=O)(=O)Cc3ccccc3)CC2)cc1. The third-order valence-electron chi connectivity index (χ3n) is 6.16. The second-order valence-electron chi connectivity index (χ2n) is 9.17. The summed E-state index contributed by atoms with van der Waals surface area (Å²) in [6.07, 6.45) is 1.78. The average Bonchev–Trinajstić information content (AvgIpc) is 2.79. The number of anilines is 1. The standard InChI is InChI=1S/C25H33N3O4S/c1-4-25(2,3)27-24(30)20-10-12-22(13-11-20)26-23(29)21-14-16-28(17-15-21)33(31,32)18-19-8-6-5-7-9-19/h5-13,21H,4,14-18H2,1-3H3,(H,26,29)(H,27,30). The lowest BCUT2D eigenvalue weighted by molar-refractivity contribution is -0.120. The molecule has 1 aliphatic rings. The zero-order chi connectivity index (χ0) is 24.1. The van der Waals surface area contributed by atoms with Crippen LogP contribution in [0, 0.1) is 5.92 Å². The van der Waals surface area contributed by atoms with E-state index in [1.54, 1.807) is 36.4 Å². The maximum Gasteiger partial charge on any atom is 0.251 e. The predicted molar refractivity (Wildman–Crippen MR) is 130 cm³/mol. The lowest BCUT2D eigenvalue weighted by atomic mass is 9.97. The average molecular weight is 472 g/mol. The molecule has 0 aliphatic carbocycles. The number of hydrogen-bond donors (Lipinski definition) is 2. The Kier molecular flexibility index (Phi) is 7.92. The van der Waals surface area contributed by atoms with Gasteiger partial charge in [-0.2, -0.15) is 0 Å². The second-order valence-corrected chi connectivity index (χ2v) is 11.1. The van der Waals surface area contributed by atoms with E-state index >= 15 is 0 Å². The summed E-state index contributed by atoms with van der Waals surface area (Å²) in [5.74, 6) is -0.551. The smallest absolute Gasteiger partial charge is 0.251 e. The predicted octanol–water partition coefficient (Wildman–Crippen LogP) is 3.79. The number of carbonyl (C=O) groups excluding carboxylic acids is 2. The van der Waals surface area contributed by atoms with Gasteiger partial charge in [-0.25, -0.2) is 12.7 Å². The Balaban J connectivity index is 1.51. The summed E-state index contributed by atoms with van der Waals surface area (Å²) in [5.41, 5.74) is 1.62. The number of benzene rings is 2. The van der Waals surface area contributed by atoms with Crippen LogP contribution in [-0.2, 0) is 20.6 Å². The highest BCUT2D eigenvalue weighted by Gasteiger charge is 2.31. The number of carbonyl (C=O) groups is 2. The van der Waals surface area contributed by atoms with Gasteiger partial charge in [0.05, 0.1) is 5.75 Å². The van der Waals surface area contributed by atoms with Gasteiger partial charge in [0.25, 0.3) is 5.91 Å². The van der Waals surface area contributed by atoms with E-state index in [1.807, 2.05) is 39.0 Å². The highest BCUT2D eigenvalue weighted by molar-refractivity contribution is 7.88. The summed E-state index contributed by atoms with van der Waals surface area (Å²) in [6, 6.07) is 15.9. The zero-order valence-electron chi connectivity index (χ0n) is 19.5. The van der Waals surface area contributed by atoms with Gasteiger partial charge >= 0.3 is 0 Å². The van der Waals surface area contributed by atoms with E-state index in [0.29, 0.717) is 37.2 Å². The largest absolute Gasteiger partial charge is 0.347 e. The van der Waals surface area contributed by atoms with E-state index in [4.69, 9.17) is 0 Å². The first-order valence-electron chi connectivity index (χ1n) is 11.3. The van der Waals surface area contributed by atoms with Crippen LogP contribution in [0.4, 0.5) is 5.69 Å². The number of amides is 2. The highest BCUT2D eigenvalue weighted by Crippen LogP contribution is 2.23. The molecular formula is C25H33N3O4S. The zero-order valence-corrected chi connectivity index (χ0v) is 20.3. The van der Waals surface area contributed by atoms with Gasteiger partial charge in [-0.15, -0.1) is 0 Å². The molecule has 1 saturated heterocycles. The van der Waals surface area contributed by atoms with Crippen molar-refractivity contribution in [3.05, 3.63) is 65.7 Å². The van der Waals surface area contributed by atoms with Crippen LogP contribution < -0.4 is 10.6 Å². The number of nitrogens with one attached hydrogen (secondary N) is 2. The molecule has 1 aliphatic heterocycles. The van der Waals surface area contributed by atoms with Crippen LogP contribution in [0.1, 0.15) is 56.0 Å². The molecule has 2 N–H and O–H groups in total. The number of rotatable bonds is 8. The van der Waals surface area contributed by atoms with Crippen molar-refractivity contribution >= 4 is 27.5 Å². The Morgan fingerprint density at radius 2 is 1.61 bits per heavy atom. The third-order valence-corrected chi connectivity index (χ3v) is 8.01. The van der Waals surface area contributed by atoms with Crippen LogP contribution in [0.3, 0.4) is 0 Å². The fourth-order valence-electron chi connectivity index (χ4n) is 3.69. The molecule has 0 unspecified atom stereocenters. The van der Waals surface area contributed by atoms with Gasteiger partial charge in [0.1, 0.15) is 0 Å². The van der Waals surface area contributed by atoms with Crippen LogP contribution in [0.25, 0.3) is 0 Å². The Morgan fingerprint density at radius 1 is 1.00 bits per heavy atom. The Bertz CT molecular complexity index is 1060. The molecular weight excluding hydrogens is 438 g/mol. The minimum absolute atomic E-state index is 0.0277. The summed E-state index contributed by atoms with van der Waals surface area (Å²) < 4.78 is 26.9. The topological polar surface area (TPSA) is 95.6 Å². The Labute approximate surface area is 196 Å². The van der Waals surface area contributed by atoms with E-state index in [0.717, 1.165) is 12.0 Å². The minimum atomic E-state index is -3.41. The molecule has 0 atom stereocenters. The summed E-state index contributed by atoms with van der Waals surface area (Å²) >= 11 is 0. The van der Waals surface area contributed by atoms with Crippen molar-refractivity contribution in [3.8, 4) is 0 Å². The van der Waals surface area contributed by atoms with Crippen molar-refractivity contribution in [2.24, 2.45) is 5.92 Å². The van der Waals surface area contributed by atoms with Gasteiger partial charge in [-0.05, 0) is 62.9 Å². The molecule has 1 heterocycles. The molecule has 0 radical (unpaired) electrons. The van der Waals surface area contributed by atoms with Gasteiger partial charge in [0.2, 0.25) is 15.9 Å². The molecule has 0 spiro atoms. The number of hydrogen-bond acceptors (Lipinski definition) is 4. The quantitative estimate of drug-likeness (QED) is 0.612. The molecule has 2 amide bonds. The maximum absolute atomic E-state index is 12.7. The monoisotopic (exact) mass is 471 g/mol. The molecule has 178 valence electrons. The molecule has 0 saturated carbocycles. The molecule has 7 nitrogen and oxygen atoms in total. The van der Waals surface area contributed by atoms with Gasteiger partial charge < -0.3 is 10.6 Å². The fourth-order valence-corrected chi connectivity index (χ4v) is 5.25. The molecule has 3 rings (SSSR count). The Hall–Kier alpha value is -2.71. The molecule has 0 bridgehead atoms. The van der Waals surface area contributed by atoms with E-state index < -0.39 is 10.0 Å². The molecule has 2 aromatic rings. The van der Waals surface area contributed by atoms with Crippen molar-refractivity contribution < 1.29 is 18.0 Å². The molecule has 1 fully saturated rings. The maximum atomic E-state index is 12.7. The first-order valence-corrected chi connectivity index (χ1v) is 13.0. The molecule has 33 heavy (non-hydrogen) atoms. The van der Waals surface area contributed by atoms with Crippen molar-refractivity contribution in [1.29, 1.82) is 0 Å². The Morgan fingerprint density at radius 3 is 2.18 bits per heavy atom. The van der Waals surface area contributed by atoms with Gasteiger partial charge in [0.15, 0.2) is 0 Å². The summed E-state index contributed by atoms with van der Waals surface area (Å²) in [4.78, 5) is 25.1. The van der Waals surface area contributed by atoms with Gasteiger partial charge in [-0.1, -0.05) is 37.3 Å². The van der Waals surface area contributed by atoms with E-state index in [1.165, 1.54) is 4.31 Å². The number of nitrogens with zero attached hydrogens (tertiary/aromatic N) is 1. The van der Waals surface area contributed by atoms with Crippen molar-refractivity contribution in [1.82, 2.24) is 9.62 Å². The van der Waals surface area contributed by atoms with Gasteiger partial charge in [-0.3, -0.25) is 9.59 Å². The van der Waals surface area contributed by atoms with Crippen LogP contribution in [-0.4, -0.2) is 43.2 Å². The normalized spacial score (nSPS) is 15.7. The first-order chi connectivity index (χ1) is 15.6. The highest BCUT2D eigenvalue weighted by atomic mass is 32.2. The van der Waals surface area contributed by atoms with Crippen molar-refractivity contribution in [2.75, 3.05) is 18.4 Å². The van der Waals surface area contributed by atoms with E-state index in [2.05, 4.69) is 10.6 Å². The molecule has 0 aromatic heterocycles. The summed E-state index contributed by atoms with van der Waals surface area (Å²) in [7, 11) is -3.41. The number of sulfonamides is 1. The summed E-state index contributed by atoms with van der Waals surface area (Å²) in [6.45, 7) is 6.62. The molecule has 2 aromatic carbocycles. The van der Waals surface area contributed by atoms with Crippen molar-refractivity contribution in [2.45, 2.75) is 51.3 Å². The van der Waals surface area contributed by atoms with E-state index in [9.17, 15) is 18.0 Å². The van der Waals surface area contributed by atoms with Crippen LogP contribution >= 0.6 is 0 Å². The third kappa shape index (κ3) is 6.88. The van der Waals surface area contributed by atoms with Crippen molar-refractivity contribution in [3.63, 3.8) is 0 Å². The molecule has 8 heteroatoms. The van der Waals surface area contributed by atoms with Crippen LogP contribution in [0.5, 0.6) is 0 Å². The number of piperidine rings is 1. The summed E-state index contributed by atoms with van der Waals surface area (Å²) in [5, 5.41) is 5.88. The lowest BCUT2D eigenvalue weighted by Crippen LogP contribution is -2.42. The van der Waals surface area contributed by atoms with Crippen LogP contribution in [0.2, 0.25) is 0 Å².